The molecule has 1 aromatic heterocycles. The van der Waals surface area contributed by atoms with Crippen LogP contribution < -0.4 is 10.1 Å². The number of hydrogen-bond acceptors (Lipinski definition) is 5. The van der Waals surface area contributed by atoms with Gasteiger partial charge in [0.05, 0.1) is 30.7 Å². The molecule has 0 aliphatic carbocycles. The summed E-state index contributed by atoms with van der Waals surface area (Å²) in [5.74, 6) is 0.716. The molecule has 25 heavy (non-hydrogen) atoms. The first-order chi connectivity index (χ1) is 11.9. The topological polar surface area (TPSA) is 101 Å². The lowest BCUT2D eigenvalue weighted by Crippen LogP contribution is -2.36. The van der Waals surface area contributed by atoms with Crippen molar-refractivity contribution in [1.82, 2.24) is 15.5 Å². The molecule has 1 unspecified atom stereocenters. The molecule has 2 N–H and O–H groups in total. The molecule has 2 aromatic rings. The Bertz CT molecular complexity index is 872. The molecule has 7 nitrogen and oxygen atoms in total. The van der Waals surface area contributed by atoms with Gasteiger partial charge in [-0.05, 0) is 37.6 Å². The summed E-state index contributed by atoms with van der Waals surface area (Å²) in [4.78, 5) is 12.3. The molecule has 8 heteroatoms. The second kappa shape index (κ2) is 6.87. The molecule has 1 fully saturated rings. The maximum Gasteiger partial charge on any atom is 0.224 e. The number of aryl methyl sites for hydroxylation is 1. The van der Waals surface area contributed by atoms with Crippen LogP contribution in [0, 0.1) is 6.92 Å². The predicted octanol–water partition coefficient (Wildman–Crippen LogP) is 1.24. The molecule has 1 aromatic carbocycles. The minimum Gasteiger partial charge on any atom is -0.497 e. The van der Waals surface area contributed by atoms with Crippen molar-refractivity contribution in [1.29, 1.82) is 0 Å². The lowest BCUT2D eigenvalue weighted by atomic mass is 10.0. The first-order valence-electron chi connectivity index (χ1n) is 8.06. The summed E-state index contributed by atoms with van der Waals surface area (Å²) in [6.07, 6.45) is 0.629. The Kier molecular flexibility index (Phi) is 4.80. The molecular formula is C17H21N3O4S. The summed E-state index contributed by atoms with van der Waals surface area (Å²) in [6.45, 7) is 1.86. The molecular weight excluding hydrogens is 342 g/mol. The number of ether oxygens (including phenoxy) is 1. The first kappa shape index (κ1) is 17.5. The van der Waals surface area contributed by atoms with E-state index in [2.05, 4.69) is 15.5 Å². The standard InChI is InChI=1S/C17H21N3O4S/c1-11-15(9-16(21)18-13-7-8-25(22,23)10-13)17(20-19-11)12-3-5-14(24-2)6-4-12/h3-6,13H,7-10H2,1-2H3,(H,18,21)(H,19,20). The Balaban J connectivity index is 1.74. The number of sulfone groups is 1. The molecule has 1 aliphatic heterocycles. The highest BCUT2D eigenvalue weighted by Crippen LogP contribution is 2.26. The fourth-order valence-electron chi connectivity index (χ4n) is 3.00. The molecule has 0 bridgehead atoms. The number of benzene rings is 1. The monoisotopic (exact) mass is 363 g/mol. The molecule has 0 spiro atoms. The lowest BCUT2D eigenvalue weighted by molar-refractivity contribution is -0.121. The van der Waals surface area contributed by atoms with Crippen LogP contribution >= 0.6 is 0 Å². The number of aromatic amines is 1. The number of nitrogens with one attached hydrogen (secondary N) is 2. The molecule has 0 saturated carbocycles. The number of hydrogen-bond donors (Lipinski definition) is 2. The number of nitrogens with zero attached hydrogens (tertiary/aromatic N) is 1. The van der Waals surface area contributed by atoms with Crippen LogP contribution in [0.1, 0.15) is 17.7 Å². The van der Waals surface area contributed by atoms with Crippen molar-refractivity contribution in [2.75, 3.05) is 18.6 Å². The summed E-state index contributed by atoms with van der Waals surface area (Å²) in [5, 5.41) is 10.0. The van der Waals surface area contributed by atoms with E-state index in [1.165, 1.54) is 0 Å². The van der Waals surface area contributed by atoms with E-state index in [0.717, 1.165) is 22.6 Å². The zero-order valence-corrected chi connectivity index (χ0v) is 15.0. The second-order valence-electron chi connectivity index (χ2n) is 6.25. The second-order valence-corrected chi connectivity index (χ2v) is 8.48. The van der Waals surface area contributed by atoms with Crippen molar-refractivity contribution < 1.29 is 17.9 Å². The molecule has 1 saturated heterocycles. The van der Waals surface area contributed by atoms with Crippen LogP contribution in [0.25, 0.3) is 11.3 Å². The number of aromatic nitrogens is 2. The normalized spacial score (nSPS) is 18.9. The fraction of sp³-hybridized carbons (Fsp3) is 0.412. The van der Waals surface area contributed by atoms with Gasteiger partial charge in [-0.2, -0.15) is 5.10 Å². The fourth-order valence-corrected chi connectivity index (χ4v) is 4.68. The summed E-state index contributed by atoms with van der Waals surface area (Å²) in [5.41, 5.74) is 3.23. The van der Waals surface area contributed by atoms with Crippen molar-refractivity contribution in [3.8, 4) is 17.0 Å². The summed E-state index contributed by atoms with van der Waals surface area (Å²) in [7, 11) is -1.41. The maximum atomic E-state index is 12.3. The minimum absolute atomic E-state index is 0.0223. The Morgan fingerprint density at radius 2 is 2.08 bits per heavy atom. The van der Waals surface area contributed by atoms with E-state index in [1.54, 1.807) is 7.11 Å². The number of carbonyl (C=O) groups is 1. The van der Waals surface area contributed by atoms with Gasteiger partial charge in [-0.3, -0.25) is 9.89 Å². The van der Waals surface area contributed by atoms with E-state index in [4.69, 9.17) is 4.74 Å². The van der Waals surface area contributed by atoms with E-state index >= 15 is 0 Å². The Hall–Kier alpha value is -2.35. The van der Waals surface area contributed by atoms with Crippen molar-refractivity contribution in [3.05, 3.63) is 35.5 Å². The van der Waals surface area contributed by atoms with Crippen LogP contribution in [-0.2, 0) is 21.1 Å². The van der Waals surface area contributed by atoms with Gasteiger partial charge in [0.2, 0.25) is 5.91 Å². The van der Waals surface area contributed by atoms with Gasteiger partial charge in [-0.15, -0.1) is 0 Å². The summed E-state index contributed by atoms with van der Waals surface area (Å²) in [6, 6.07) is 7.16. The predicted molar refractivity (Wildman–Crippen MR) is 94.2 cm³/mol. The van der Waals surface area contributed by atoms with Gasteiger partial charge >= 0.3 is 0 Å². The first-order valence-corrected chi connectivity index (χ1v) is 9.88. The number of amides is 1. The zero-order chi connectivity index (χ0) is 18.0. The van der Waals surface area contributed by atoms with E-state index in [9.17, 15) is 13.2 Å². The van der Waals surface area contributed by atoms with Gasteiger partial charge in [0.1, 0.15) is 5.75 Å². The Morgan fingerprint density at radius 3 is 2.68 bits per heavy atom. The Morgan fingerprint density at radius 1 is 1.36 bits per heavy atom. The van der Waals surface area contributed by atoms with E-state index < -0.39 is 9.84 Å². The lowest BCUT2D eigenvalue weighted by Gasteiger charge is -2.11. The van der Waals surface area contributed by atoms with Crippen molar-refractivity contribution >= 4 is 15.7 Å². The third-order valence-corrected chi connectivity index (χ3v) is 6.14. The average molecular weight is 363 g/mol. The highest BCUT2D eigenvalue weighted by atomic mass is 32.2. The minimum atomic E-state index is -3.01. The van der Waals surface area contributed by atoms with Crippen LogP contribution in [0.2, 0.25) is 0 Å². The molecule has 1 atom stereocenters. The highest BCUT2D eigenvalue weighted by molar-refractivity contribution is 7.91. The highest BCUT2D eigenvalue weighted by Gasteiger charge is 2.29. The number of carbonyl (C=O) groups excluding carboxylic acids is 1. The third kappa shape index (κ3) is 4.01. The van der Waals surface area contributed by atoms with Crippen LogP contribution in [0.15, 0.2) is 24.3 Å². The van der Waals surface area contributed by atoms with Crippen LogP contribution in [0.3, 0.4) is 0 Å². The van der Waals surface area contributed by atoms with E-state index in [1.807, 2.05) is 31.2 Å². The van der Waals surface area contributed by atoms with Crippen LogP contribution in [0.5, 0.6) is 5.75 Å². The molecule has 1 amide bonds. The van der Waals surface area contributed by atoms with Crippen molar-refractivity contribution in [3.63, 3.8) is 0 Å². The van der Waals surface area contributed by atoms with Gasteiger partial charge < -0.3 is 10.1 Å². The van der Waals surface area contributed by atoms with E-state index in [0.29, 0.717) is 12.1 Å². The van der Waals surface area contributed by atoms with E-state index in [-0.39, 0.29) is 29.9 Å². The van der Waals surface area contributed by atoms with Gasteiger partial charge in [0.25, 0.3) is 0 Å². The zero-order valence-electron chi connectivity index (χ0n) is 14.2. The molecule has 3 rings (SSSR count). The molecule has 1 aliphatic rings. The van der Waals surface area contributed by atoms with Gasteiger partial charge in [-0.25, -0.2) is 8.42 Å². The number of rotatable bonds is 5. The van der Waals surface area contributed by atoms with Crippen molar-refractivity contribution in [2.45, 2.75) is 25.8 Å². The van der Waals surface area contributed by atoms with Crippen molar-refractivity contribution in [2.24, 2.45) is 0 Å². The van der Waals surface area contributed by atoms with Crippen LogP contribution in [-0.4, -0.2) is 49.2 Å². The van der Waals surface area contributed by atoms with Gasteiger partial charge in [-0.1, -0.05) is 0 Å². The summed E-state index contributed by atoms with van der Waals surface area (Å²) >= 11 is 0. The third-order valence-electron chi connectivity index (χ3n) is 4.37. The molecule has 134 valence electrons. The Labute approximate surface area is 146 Å². The van der Waals surface area contributed by atoms with Gasteiger partial charge in [0.15, 0.2) is 9.84 Å². The maximum absolute atomic E-state index is 12.3. The smallest absolute Gasteiger partial charge is 0.224 e. The molecule has 2 heterocycles. The average Bonchev–Trinajstić information content (AvgIpc) is 3.10. The largest absolute Gasteiger partial charge is 0.497 e. The quantitative estimate of drug-likeness (QED) is 0.832. The summed E-state index contributed by atoms with van der Waals surface area (Å²) < 4.78 is 28.2. The SMILES string of the molecule is COc1ccc(-c2n[nH]c(C)c2CC(=O)NC2CCS(=O)(=O)C2)cc1. The number of methoxy groups -OCH3 is 1. The molecule has 0 radical (unpaired) electrons. The van der Waals surface area contributed by atoms with Crippen LogP contribution in [0.4, 0.5) is 0 Å². The van der Waals surface area contributed by atoms with Gasteiger partial charge in [0, 0.05) is 22.9 Å². The number of H-pyrrole nitrogens is 1.